The van der Waals surface area contributed by atoms with Gasteiger partial charge in [-0.1, -0.05) is 101 Å². The standard InChI is InChI=1S/C24H19BrOP/c25-22-16-9-15-20(22)24(26)21-14-7-8-17-23(21)27(18-10-3-1-4-11-18)19-12-5-2-6-13-19/h1-17,24,26H/t24-/m1/s1. The zero-order valence-electron chi connectivity index (χ0n) is 14.7. The van der Waals surface area contributed by atoms with Crippen LogP contribution in [0, 0.1) is 30.0 Å². The van der Waals surface area contributed by atoms with Gasteiger partial charge in [0, 0.05) is 5.92 Å². The van der Waals surface area contributed by atoms with Gasteiger partial charge in [-0.2, -0.15) is 0 Å². The van der Waals surface area contributed by atoms with Crippen molar-refractivity contribution in [2.45, 2.75) is 6.10 Å². The first-order chi connectivity index (χ1) is 13.3. The lowest BCUT2D eigenvalue weighted by Crippen LogP contribution is -2.26. The van der Waals surface area contributed by atoms with Gasteiger partial charge >= 0.3 is 0 Å². The van der Waals surface area contributed by atoms with Crippen LogP contribution in [0.15, 0.2) is 84.9 Å². The van der Waals surface area contributed by atoms with E-state index in [9.17, 15) is 5.11 Å². The van der Waals surface area contributed by atoms with E-state index in [4.69, 9.17) is 0 Å². The molecule has 27 heavy (non-hydrogen) atoms. The van der Waals surface area contributed by atoms with Crippen molar-refractivity contribution in [3.63, 3.8) is 0 Å². The Kier molecular flexibility index (Phi) is 6.08. The maximum absolute atomic E-state index is 11.2. The average Bonchev–Trinajstić information content (AvgIpc) is 3.16. The van der Waals surface area contributed by atoms with Crippen LogP contribution >= 0.6 is 23.9 Å². The summed E-state index contributed by atoms with van der Waals surface area (Å²) in [6.07, 6.45) is 5.24. The summed E-state index contributed by atoms with van der Waals surface area (Å²) in [5.74, 6) is 0.901. The summed E-state index contributed by atoms with van der Waals surface area (Å²) in [6.45, 7) is 0. The van der Waals surface area contributed by atoms with E-state index < -0.39 is 14.0 Å². The van der Waals surface area contributed by atoms with Gasteiger partial charge in [0.1, 0.15) is 0 Å². The van der Waals surface area contributed by atoms with Gasteiger partial charge in [-0.05, 0) is 48.7 Å². The molecule has 3 heteroatoms. The molecule has 1 fully saturated rings. The third-order valence-corrected chi connectivity index (χ3v) is 7.83. The van der Waals surface area contributed by atoms with Crippen molar-refractivity contribution in [3.8, 4) is 0 Å². The summed E-state index contributed by atoms with van der Waals surface area (Å²) in [7, 11) is -0.760. The summed E-state index contributed by atoms with van der Waals surface area (Å²) in [5.41, 5.74) is 0.961. The van der Waals surface area contributed by atoms with Gasteiger partial charge in [0.05, 0.1) is 10.9 Å². The minimum atomic E-state index is -0.760. The summed E-state index contributed by atoms with van der Waals surface area (Å²) in [4.78, 5) is 0.938. The van der Waals surface area contributed by atoms with Crippen LogP contribution in [-0.4, -0.2) is 5.11 Å². The SMILES string of the molecule is O[C@H]([C]1[CH][CH][CH][C]1Br)c1ccccc1P(c1ccccc1)c1ccccc1. The first kappa shape index (κ1) is 18.9. The maximum Gasteiger partial charge on any atom is 0.0876 e. The molecule has 1 atom stereocenters. The van der Waals surface area contributed by atoms with Crippen LogP contribution in [-0.2, 0) is 0 Å². The van der Waals surface area contributed by atoms with E-state index in [1.807, 2.05) is 43.5 Å². The molecule has 5 radical (unpaired) electrons. The molecule has 0 amide bonds. The molecular weight excluding hydrogens is 415 g/mol. The first-order valence-corrected chi connectivity index (χ1v) is 11.0. The topological polar surface area (TPSA) is 20.2 Å². The normalized spacial score (nSPS) is 16.7. The van der Waals surface area contributed by atoms with E-state index in [0.29, 0.717) is 0 Å². The molecule has 1 N–H and O–H groups in total. The van der Waals surface area contributed by atoms with Crippen LogP contribution in [0.5, 0.6) is 0 Å². The molecule has 1 nitrogen and oxygen atoms in total. The number of aliphatic hydroxyl groups is 1. The largest absolute Gasteiger partial charge is 0.388 e. The second-order valence-electron chi connectivity index (χ2n) is 6.30. The average molecular weight is 434 g/mol. The van der Waals surface area contributed by atoms with E-state index in [0.717, 1.165) is 16.3 Å². The van der Waals surface area contributed by atoms with Crippen LogP contribution in [0.1, 0.15) is 11.7 Å². The number of aliphatic hydroxyl groups excluding tert-OH is 1. The Hall–Kier alpha value is -1.47. The fourth-order valence-electron chi connectivity index (χ4n) is 3.31. The Bertz CT molecular complexity index is 828. The van der Waals surface area contributed by atoms with Gasteiger partial charge in [0.15, 0.2) is 0 Å². The molecule has 0 bridgehead atoms. The van der Waals surface area contributed by atoms with Crippen LogP contribution < -0.4 is 15.9 Å². The molecule has 0 aliphatic heterocycles. The highest BCUT2D eigenvalue weighted by Crippen LogP contribution is 2.46. The van der Waals surface area contributed by atoms with E-state index in [1.54, 1.807) is 0 Å². The molecule has 1 aliphatic rings. The molecule has 3 aromatic rings. The lowest BCUT2D eigenvalue weighted by atomic mass is 9.94. The molecule has 4 rings (SSSR count). The fraction of sp³-hybridized carbons (Fsp3) is 0.0417. The molecule has 1 aliphatic carbocycles. The number of hydrogen-bond acceptors (Lipinski definition) is 1. The van der Waals surface area contributed by atoms with Crippen LogP contribution in [0.4, 0.5) is 0 Å². The van der Waals surface area contributed by atoms with Gasteiger partial charge in [-0.15, -0.1) is 0 Å². The second-order valence-corrected chi connectivity index (χ2v) is 9.34. The second kappa shape index (κ2) is 8.69. The highest BCUT2D eigenvalue weighted by Gasteiger charge is 2.35. The quantitative estimate of drug-likeness (QED) is 0.582. The number of benzene rings is 3. The number of rotatable bonds is 5. The van der Waals surface area contributed by atoms with Gasteiger partial charge < -0.3 is 5.11 Å². The van der Waals surface area contributed by atoms with Crippen molar-refractivity contribution in [3.05, 3.63) is 121 Å². The summed E-state index contributed by atoms with van der Waals surface area (Å²) >= 11 is 3.56. The van der Waals surface area contributed by atoms with E-state index >= 15 is 0 Å². The van der Waals surface area contributed by atoms with Crippen molar-refractivity contribution in [1.29, 1.82) is 0 Å². The monoisotopic (exact) mass is 433 g/mol. The van der Waals surface area contributed by atoms with Crippen LogP contribution in [0.3, 0.4) is 0 Å². The van der Waals surface area contributed by atoms with Crippen molar-refractivity contribution in [1.82, 2.24) is 0 Å². The minimum Gasteiger partial charge on any atom is -0.388 e. The molecule has 0 aromatic heterocycles. The number of hydrogen-bond donors (Lipinski definition) is 1. The maximum atomic E-state index is 11.2. The van der Waals surface area contributed by atoms with E-state index in [2.05, 4.69) is 76.6 Å². The summed E-state index contributed by atoms with van der Waals surface area (Å²) in [6, 6.07) is 29.4. The molecule has 133 valence electrons. The number of halogens is 1. The van der Waals surface area contributed by atoms with Crippen molar-refractivity contribution >= 4 is 39.8 Å². The van der Waals surface area contributed by atoms with Crippen molar-refractivity contribution in [2.75, 3.05) is 0 Å². The third-order valence-electron chi connectivity index (χ3n) is 4.59. The molecule has 0 heterocycles. The molecule has 3 aromatic carbocycles. The first-order valence-electron chi connectivity index (χ1n) is 8.84. The zero-order valence-corrected chi connectivity index (χ0v) is 17.1. The summed E-state index contributed by atoms with van der Waals surface area (Å²) in [5, 5.41) is 14.9. The smallest absolute Gasteiger partial charge is 0.0876 e. The molecular formula is C24H19BrOP. The van der Waals surface area contributed by atoms with Crippen molar-refractivity contribution < 1.29 is 5.11 Å². The highest BCUT2D eigenvalue weighted by molar-refractivity contribution is 9.11. The lowest BCUT2D eigenvalue weighted by Gasteiger charge is -2.27. The Morgan fingerprint density at radius 3 is 1.81 bits per heavy atom. The predicted octanol–water partition coefficient (Wildman–Crippen LogP) is 4.61. The molecule has 0 saturated heterocycles. The van der Waals surface area contributed by atoms with Gasteiger partial charge in [0.25, 0.3) is 0 Å². The summed E-state index contributed by atoms with van der Waals surface area (Å²) < 4.78 is 0. The molecule has 0 unspecified atom stereocenters. The van der Waals surface area contributed by atoms with Gasteiger partial charge in [-0.3, -0.25) is 0 Å². The Morgan fingerprint density at radius 2 is 1.26 bits per heavy atom. The Morgan fingerprint density at radius 1 is 0.704 bits per heavy atom. The zero-order chi connectivity index (χ0) is 18.6. The van der Waals surface area contributed by atoms with E-state index in [1.165, 1.54) is 15.9 Å². The fourth-order valence-corrected chi connectivity index (χ4v) is 6.29. The predicted molar refractivity (Wildman–Crippen MR) is 118 cm³/mol. The van der Waals surface area contributed by atoms with Gasteiger partial charge in [0.2, 0.25) is 0 Å². The van der Waals surface area contributed by atoms with E-state index in [-0.39, 0.29) is 0 Å². The highest BCUT2D eigenvalue weighted by atomic mass is 79.9. The minimum absolute atomic E-state index is 0.664. The van der Waals surface area contributed by atoms with Gasteiger partial charge in [-0.25, -0.2) is 0 Å². The van der Waals surface area contributed by atoms with Crippen LogP contribution in [0.25, 0.3) is 0 Å². The lowest BCUT2D eigenvalue weighted by molar-refractivity contribution is 0.201. The third kappa shape index (κ3) is 4.04. The Labute approximate surface area is 171 Å². The molecule has 0 spiro atoms. The van der Waals surface area contributed by atoms with Crippen molar-refractivity contribution in [2.24, 2.45) is 0 Å². The molecule has 1 saturated carbocycles. The van der Waals surface area contributed by atoms with Crippen LogP contribution in [0.2, 0.25) is 0 Å². The Balaban J connectivity index is 1.82.